The molecule has 0 saturated carbocycles. The van der Waals surface area contributed by atoms with E-state index in [1.165, 1.54) is 16.7 Å². The first-order valence-corrected chi connectivity index (χ1v) is 10.4. The summed E-state index contributed by atoms with van der Waals surface area (Å²) >= 11 is 7.47. The third-order valence-corrected chi connectivity index (χ3v) is 5.30. The molecule has 0 aromatic heterocycles. The minimum atomic E-state index is -0.340. The van der Waals surface area contributed by atoms with E-state index in [4.69, 9.17) is 16.3 Å². The van der Waals surface area contributed by atoms with Gasteiger partial charge in [-0.1, -0.05) is 43.6 Å². The van der Waals surface area contributed by atoms with Crippen LogP contribution in [0.5, 0.6) is 5.75 Å². The van der Waals surface area contributed by atoms with Crippen molar-refractivity contribution < 1.29 is 14.3 Å². The van der Waals surface area contributed by atoms with Gasteiger partial charge in [-0.25, -0.2) is 4.90 Å². The highest BCUT2D eigenvalue weighted by Crippen LogP contribution is 2.40. The van der Waals surface area contributed by atoms with Gasteiger partial charge in [0.05, 0.1) is 22.3 Å². The lowest BCUT2D eigenvalue weighted by Gasteiger charge is -2.15. The molecule has 28 heavy (non-hydrogen) atoms. The number of halogens is 1. The van der Waals surface area contributed by atoms with E-state index >= 15 is 0 Å². The molecule has 0 N–H and O–H groups in total. The standard InChI is InChI=1S/C22H22ClNO3S/c1-13(2)27-18-10-8-15(9-11-18)19-20(28-14(3)4)22(26)24(21(19)25)17-7-5-6-16(23)12-17/h5-14H,1-4H3. The van der Waals surface area contributed by atoms with Crippen LogP contribution in [0, 0.1) is 0 Å². The smallest absolute Gasteiger partial charge is 0.272 e. The summed E-state index contributed by atoms with van der Waals surface area (Å²) in [5.41, 5.74) is 1.58. The number of rotatable bonds is 6. The monoisotopic (exact) mass is 415 g/mol. The molecule has 0 fully saturated rings. The van der Waals surface area contributed by atoms with Crippen LogP contribution in [0.25, 0.3) is 5.57 Å². The first kappa shape index (κ1) is 20.5. The molecule has 0 spiro atoms. The number of imide groups is 1. The van der Waals surface area contributed by atoms with E-state index in [9.17, 15) is 9.59 Å². The maximum Gasteiger partial charge on any atom is 0.272 e. The fourth-order valence-electron chi connectivity index (χ4n) is 2.93. The van der Waals surface area contributed by atoms with E-state index in [0.717, 1.165) is 5.75 Å². The van der Waals surface area contributed by atoms with Gasteiger partial charge in [-0.3, -0.25) is 9.59 Å². The van der Waals surface area contributed by atoms with Crippen molar-refractivity contribution in [2.45, 2.75) is 39.0 Å². The van der Waals surface area contributed by atoms with Crippen LogP contribution in [0.1, 0.15) is 33.3 Å². The van der Waals surface area contributed by atoms with Gasteiger partial charge in [0.2, 0.25) is 0 Å². The summed E-state index contributed by atoms with van der Waals surface area (Å²) in [6, 6.07) is 14.0. The van der Waals surface area contributed by atoms with Crippen molar-refractivity contribution in [2.75, 3.05) is 4.90 Å². The maximum absolute atomic E-state index is 13.2. The van der Waals surface area contributed by atoms with Gasteiger partial charge >= 0.3 is 0 Å². The molecular weight excluding hydrogens is 394 g/mol. The van der Waals surface area contributed by atoms with E-state index < -0.39 is 0 Å². The average Bonchev–Trinajstić information content (AvgIpc) is 2.85. The summed E-state index contributed by atoms with van der Waals surface area (Å²) < 4.78 is 5.68. The lowest BCUT2D eigenvalue weighted by Crippen LogP contribution is -2.31. The number of ether oxygens (including phenoxy) is 1. The largest absolute Gasteiger partial charge is 0.491 e. The average molecular weight is 416 g/mol. The van der Waals surface area contributed by atoms with Gasteiger partial charge in [0.25, 0.3) is 11.8 Å². The van der Waals surface area contributed by atoms with Crippen molar-refractivity contribution in [3.8, 4) is 5.75 Å². The molecule has 2 amide bonds. The van der Waals surface area contributed by atoms with Gasteiger partial charge in [-0.15, -0.1) is 11.8 Å². The molecule has 0 saturated heterocycles. The van der Waals surface area contributed by atoms with E-state index in [0.29, 0.717) is 26.8 Å². The maximum atomic E-state index is 13.2. The Balaban J connectivity index is 2.03. The third-order valence-electron chi connectivity index (χ3n) is 3.98. The zero-order chi connectivity index (χ0) is 20.4. The predicted molar refractivity (Wildman–Crippen MR) is 116 cm³/mol. The Labute approximate surface area is 174 Å². The number of carbonyl (C=O) groups is 2. The number of thioether (sulfide) groups is 1. The number of benzene rings is 2. The number of nitrogens with zero attached hydrogens (tertiary/aromatic N) is 1. The molecule has 0 atom stereocenters. The van der Waals surface area contributed by atoms with Crippen LogP contribution >= 0.6 is 23.4 Å². The van der Waals surface area contributed by atoms with Crippen LogP contribution in [-0.2, 0) is 9.59 Å². The molecule has 3 rings (SSSR count). The molecule has 6 heteroatoms. The van der Waals surface area contributed by atoms with Crippen LogP contribution < -0.4 is 9.64 Å². The van der Waals surface area contributed by atoms with Crippen molar-refractivity contribution in [1.82, 2.24) is 0 Å². The van der Waals surface area contributed by atoms with Gasteiger partial charge < -0.3 is 4.74 Å². The van der Waals surface area contributed by atoms with Crippen LogP contribution in [0.4, 0.5) is 5.69 Å². The highest BCUT2D eigenvalue weighted by atomic mass is 35.5. The van der Waals surface area contributed by atoms with Crippen molar-refractivity contribution in [3.63, 3.8) is 0 Å². The Kier molecular flexibility index (Phi) is 6.16. The molecular formula is C22H22ClNO3S. The molecule has 0 bridgehead atoms. The van der Waals surface area contributed by atoms with Crippen LogP contribution in [0.3, 0.4) is 0 Å². The number of carbonyl (C=O) groups excluding carboxylic acids is 2. The number of hydrogen-bond donors (Lipinski definition) is 0. The lowest BCUT2D eigenvalue weighted by molar-refractivity contribution is -0.119. The van der Waals surface area contributed by atoms with E-state index in [1.807, 2.05) is 52.0 Å². The quantitative estimate of drug-likeness (QED) is 0.580. The number of hydrogen-bond acceptors (Lipinski definition) is 4. The molecule has 0 unspecified atom stereocenters. The van der Waals surface area contributed by atoms with Crippen molar-refractivity contribution in [1.29, 1.82) is 0 Å². The van der Waals surface area contributed by atoms with Crippen LogP contribution in [0.2, 0.25) is 5.02 Å². The molecule has 146 valence electrons. The van der Waals surface area contributed by atoms with E-state index in [2.05, 4.69) is 0 Å². The molecule has 1 aliphatic rings. The van der Waals surface area contributed by atoms with Crippen molar-refractivity contribution in [3.05, 3.63) is 64.0 Å². The zero-order valence-corrected chi connectivity index (χ0v) is 17.8. The second kappa shape index (κ2) is 8.41. The summed E-state index contributed by atoms with van der Waals surface area (Å²) in [4.78, 5) is 28.0. The van der Waals surface area contributed by atoms with Gasteiger partial charge in [0.15, 0.2) is 0 Å². The second-order valence-electron chi connectivity index (χ2n) is 6.99. The molecule has 0 aliphatic carbocycles. The summed E-state index contributed by atoms with van der Waals surface area (Å²) in [6.07, 6.45) is 0.0603. The Morgan fingerprint density at radius 3 is 2.21 bits per heavy atom. The van der Waals surface area contributed by atoms with Crippen LogP contribution in [0.15, 0.2) is 53.4 Å². The topological polar surface area (TPSA) is 46.6 Å². The van der Waals surface area contributed by atoms with Gasteiger partial charge in [-0.2, -0.15) is 0 Å². The second-order valence-corrected chi connectivity index (χ2v) is 9.01. The molecule has 1 aliphatic heterocycles. The summed E-state index contributed by atoms with van der Waals surface area (Å²) in [5.74, 6) is 0.0669. The molecule has 1 heterocycles. The number of anilines is 1. The Hall–Kier alpha value is -2.24. The Morgan fingerprint density at radius 2 is 1.64 bits per heavy atom. The summed E-state index contributed by atoms with van der Waals surface area (Å²) in [5, 5.41) is 0.629. The minimum Gasteiger partial charge on any atom is -0.491 e. The highest BCUT2D eigenvalue weighted by Gasteiger charge is 2.40. The SMILES string of the molecule is CC(C)Oc1ccc(C2=C(SC(C)C)C(=O)N(c3cccc(Cl)c3)C2=O)cc1. The third kappa shape index (κ3) is 4.26. The number of amides is 2. The predicted octanol–water partition coefficient (Wildman–Crippen LogP) is 5.55. The van der Waals surface area contributed by atoms with Crippen molar-refractivity contribution in [2.24, 2.45) is 0 Å². The Morgan fingerprint density at radius 1 is 0.964 bits per heavy atom. The Bertz CT molecular complexity index is 935. The van der Waals surface area contributed by atoms with E-state index in [1.54, 1.807) is 24.3 Å². The molecule has 0 radical (unpaired) electrons. The summed E-state index contributed by atoms with van der Waals surface area (Å²) in [7, 11) is 0. The molecule has 4 nitrogen and oxygen atoms in total. The molecule has 2 aromatic carbocycles. The van der Waals surface area contributed by atoms with Gasteiger partial charge in [0, 0.05) is 10.3 Å². The zero-order valence-electron chi connectivity index (χ0n) is 16.2. The highest BCUT2D eigenvalue weighted by molar-refractivity contribution is 8.04. The summed E-state index contributed by atoms with van der Waals surface area (Å²) in [6.45, 7) is 7.90. The fraction of sp³-hybridized carbons (Fsp3) is 0.273. The van der Waals surface area contributed by atoms with Crippen molar-refractivity contribution >= 4 is 46.4 Å². The van der Waals surface area contributed by atoms with Crippen LogP contribution in [-0.4, -0.2) is 23.2 Å². The molecule has 2 aromatic rings. The van der Waals surface area contributed by atoms with E-state index in [-0.39, 0.29) is 23.2 Å². The first-order valence-electron chi connectivity index (χ1n) is 9.10. The fourth-order valence-corrected chi connectivity index (χ4v) is 4.10. The minimum absolute atomic E-state index is 0.0603. The van der Waals surface area contributed by atoms with Gasteiger partial charge in [-0.05, 0) is 49.7 Å². The lowest BCUT2D eigenvalue weighted by atomic mass is 10.1. The van der Waals surface area contributed by atoms with Gasteiger partial charge in [0.1, 0.15) is 5.75 Å². The first-order chi connectivity index (χ1) is 13.3. The normalized spacial score (nSPS) is 14.6.